The summed E-state index contributed by atoms with van der Waals surface area (Å²) in [4.78, 5) is 13.9. The fraction of sp³-hybridized carbons (Fsp3) is 0.387. The number of aromatic carboxylic acids is 1. The van der Waals surface area contributed by atoms with E-state index in [0.717, 1.165) is 48.3 Å². The zero-order chi connectivity index (χ0) is 26.8. The van der Waals surface area contributed by atoms with Crippen molar-refractivity contribution in [2.45, 2.75) is 26.2 Å². The van der Waals surface area contributed by atoms with E-state index in [1.807, 2.05) is 6.07 Å². The van der Waals surface area contributed by atoms with E-state index in [9.17, 15) is 18.7 Å². The van der Waals surface area contributed by atoms with Gasteiger partial charge in [0, 0.05) is 37.5 Å². The first-order valence-electron chi connectivity index (χ1n) is 13.2. The third-order valence-corrected chi connectivity index (χ3v) is 8.08. The molecule has 2 aromatic carbocycles. The molecular formula is C31H32ClF2NO3. The molecule has 1 aliphatic carbocycles. The highest BCUT2D eigenvalue weighted by Gasteiger charge is 2.32. The Balaban J connectivity index is 1.48. The molecule has 2 aromatic rings. The maximum Gasteiger partial charge on any atom is 0.335 e. The van der Waals surface area contributed by atoms with Crippen LogP contribution in [0.5, 0.6) is 5.75 Å². The quantitative estimate of drug-likeness (QED) is 0.382. The second kappa shape index (κ2) is 11.4. The molecule has 0 bridgehead atoms. The van der Waals surface area contributed by atoms with Crippen molar-refractivity contribution in [3.05, 3.63) is 87.7 Å². The van der Waals surface area contributed by atoms with Crippen LogP contribution in [0.4, 0.5) is 8.78 Å². The van der Waals surface area contributed by atoms with Gasteiger partial charge < -0.3 is 14.7 Å². The van der Waals surface area contributed by atoms with Gasteiger partial charge in [-0.05, 0) is 65.7 Å². The molecule has 3 aliphatic rings. The number of allylic oxidation sites excluding steroid dienone is 5. The number of rotatable bonds is 8. The molecule has 38 heavy (non-hydrogen) atoms. The Kier molecular flexibility index (Phi) is 8.01. The lowest BCUT2D eigenvalue weighted by molar-refractivity contribution is 0.0696. The van der Waals surface area contributed by atoms with Gasteiger partial charge in [0.15, 0.2) is 0 Å². The number of nitrogens with zero attached hydrogens (tertiary/aromatic N) is 1. The summed E-state index contributed by atoms with van der Waals surface area (Å²) in [7, 11) is 0. The number of alkyl halides is 1. The Labute approximate surface area is 227 Å². The van der Waals surface area contributed by atoms with Crippen molar-refractivity contribution < 1.29 is 23.4 Å². The van der Waals surface area contributed by atoms with Gasteiger partial charge in [-0.15, -0.1) is 0 Å². The second-order valence-electron chi connectivity index (χ2n) is 10.5. The monoisotopic (exact) mass is 539 g/mol. The Bertz CT molecular complexity index is 1310. The highest BCUT2D eigenvalue weighted by atomic mass is 35.5. The Morgan fingerprint density at radius 2 is 1.97 bits per heavy atom. The maximum atomic E-state index is 13.9. The maximum absolute atomic E-state index is 13.9. The number of hydrogen-bond acceptors (Lipinski definition) is 3. The standard InChI is InChI=1S/C31H32ClF2NO3/c1-19-13-20(14-21-17-35(18-21)11-2-10-33)3-6-24(19)30-26(25-8-5-23(34)16-28(25)32)9-12-38-29-15-22(31(36)37)4-7-27(29)30/h3-8,13,15-16,19,21,24H,2,9-12,14,17-18H2,1H3,(H,36,37). The first-order valence-corrected chi connectivity index (χ1v) is 13.6. The molecule has 1 saturated heterocycles. The van der Waals surface area contributed by atoms with Crippen LogP contribution in [0.3, 0.4) is 0 Å². The van der Waals surface area contributed by atoms with E-state index in [-0.39, 0.29) is 24.1 Å². The largest absolute Gasteiger partial charge is 0.493 e. The predicted octanol–water partition coefficient (Wildman–Crippen LogP) is 7.30. The van der Waals surface area contributed by atoms with Gasteiger partial charge in [-0.3, -0.25) is 4.39 Å². The van der Waals surface area contributed by atoms with Gasteiger partial charge >= 0.3 is 5.97 Å². The van der Waals surface area contributed by atoms with Crippen LogP contribution in [0, 0.1) is 23.6 Å². The van der Waals surface area contributed by atoms with Crippen LogP contribution in [0.1, 0.15) is 47.7 Å². The molecule has 0 aromatic heterocycles. The molecule has 5 rings (SSSR count). The van der Waals surface area contributed by atoms with Crippen LogP contribution < -0.4 is 4.74 Å². The zero-order valence-electron chi connectivity index (χ0n) is 21.4. The molecule has 1 fully saturated rings. The van der Waals surface area contributed by atoms with E-state index in [1.54, 1.807) is 18.2 Å². The van der Waals surface area contributed by atoms with Crippen molar-refractivity contribution in [3.63, 3.8) is 0 Å². The summed E-state index contributed by atoms with van der Waals surface area (Å²) in [6.45, 7) is 5.14. The van der Waals surface area contributed by atoms with Crippen molar-refractivity contribution in [1.82, 2.24) is 4.90 Å². The molecule has 0 radical (unpaired) electrons. The van der Waals surface area contributed by atoms with E-state index in [1.165, 1.54) is 17.7 Å². The second-order valence-corrected chi connectivity index (χ2v) is 10.9. The van der Waals surface area contributed by atoms with Gasteiger partial charge in [0.1, 0.15) is 11.6 Å². The molecule has 200 valence electrons. The van der Waals surface area contributed by atoms with E-state index < -0.39 is 11.8 Å². The lowest BCUT2D eigenvalue weighted by Gasteiger charge is -2.40. The summed E-state index contributed by atoms with van der Waals surface area (Å²) in [5, 5.41) is 9.87. The van der Waals surface area contributed by atoms with Crippen molar-refractivity contribution in [2.24, 2.45) is 17.8 Å². The van der Waals surface area contributed by atoms with Gasteiger partial charge in [-0.2, -0.15) is 0 Å². The van der Waals surface area contributed by atoms with E-state index >= 15 is 0 Å². The molecule has 2 heterocycles. The average Bonchev–Trinajstić information content (AvgIpc) is 3.04. The lowest BCUT2D eigenvalue weighted by atomic mass is 9.74. The van der Waals surface area contributed by atoms with Crippen LogP contribution in [0.2, 0.25) is 5.02 Å². The minimum Gasteiger partial charge on any atom is -0.493 e. The summed E-state index contributed by atoms with van der Waals surface area (Å²) in [5.74, 6) is -0.101. The molecule has 7 heteroatoms. The third kappa shape index (κ3) is 5.57. The highest BCUT2D eigenvalue weighted by molar-refractivity contribution is 6.32. The minimum atomic E-state index is -1.01. The molecule has 0 saturated carbocycles. The number of carboxylic acids is 1. The predicted molar refractivity (Wildman–Crippen MR) is 147 cm³/mol. The smallest absolute Gasteiger partial charge is 0.335 e. The van der Waals surface area contributed by atoms with Crippen molar-refractivity contribution in [1.29, 1.82) is 0 Å². The Morgan fingerprint density at radius 3 is 2.68 bits per heavy atom. The van der Waals surface area contributed by atoms with Gasteiger partial charge in [0.2, 0.25) is 0 Å². The van der Waals surface area contributed by atoms with Gasteiger partial charge in [-0.25, -0.2) is 9.18 Å². The van der Waals surface area contributed by atoms with Crippen LogP contribution in [-0.2, 0) is 0 Å². The molecule has 4 nitrogen and oxygen atoms in total. The first kappa shape index (κ1) is 26.6. The number of benzene rings is 2. The SMILES string of the molecule is CC1C=C(CC2CN(CCCF)C2)C=CC1C1=C(c2ccc(F)cc2Cl)CCOc2cc(C(=O)O)ccc21. The van der Waals surface area contributed by atoms with Crippen LogP contribution in [0.15, 0.2) is 60.2 Å². The third-order valence-electron chi connectivity index (χ3n) is 7.77. The Hall–Kier alpha value is -2.96. The summed E-state index contributed by atoms with van der Waals surface area (Å²) in [6.07, 6.45) is 8.90. The zero-order valence-corrected chi connectivity index (χ0v) is 22.2. The van der Waals surface area contributed by atoms with E-state index in [4.69, 9.17) is 16.3 Å². The highest BCUT2D eigenvalue weighted by Crippen LogP contribution is 2.47. The van der Waals surface area contributed by atoms with Crippen LogP contribution >= 0.6 is 11.6 Å². The summed E-state index contributed by atoms with van der Waals surface area (Å²) in [6, 6.07) is 9.46. The van der Waals surface area contributed by atoms with Crippen molar-refractivity contribution in [2.75, 3.05) is 32.9 Å². The number of fused-ring (bicyclic) bond motifs is 1. The number of carbonyl (C=O) groups is 1. The molecule has 0 amide bonds. The molecule has 2 atom stereocenters. The van der Waals surface area contributed by atoms with Crippen molar-refractivity contribution >= 4 is 28.7 Å². The summed E-state index contributed by atoms with van der Waals surface area (Å²) < 4.78 is 32.4. The fourth-order valence-electron chi connectivity index (χ4n) is 5.95. The average molecular weight is 540 g/mol. The number of halogens is 3. The fourth-order valence-corrected chi connectivity index (χ4v) is 6.23. The van der Waals surface area contributed by atoms with Crippen LogP contribution in [-0.4, -0.2) is 48.9 Å². The van der Waals surface area contributed by atoms with Crippen molar-refractivity contribution in [3.8, 4) is 5.75 Å². The first-order chi connectivity index (χ1) is 18.3. The van der Waals surface area contributed by atoms with E-state index in [2.05, 4.69) is 30.1 Å². The van der Waals surface area contributed by atoms with Gasteiger partial charge in [0.25, 0.3) is 0 Å². The number of ether oxygens (including phenoxy) is 1. The molecular weight excluding hydrogens is 508 g/mol. The normalized spacial score (nSPS) is 21.8. The molecule has 2 unspecified atom stereocenters. The van der Waals surface area contributed by atoms with Gasteiger partial charge in [0.05, 0.1) is 23.9 Å². The van der Waals surface area contributed by atoms with Gasteiger partial charge in [-0.1, -0.05) is 54.5 Å². The number of hydrogen-bond donors (Lipinski definition) is 1. The molecule has 0 spiro atoms. The topological polar surface area (TPSA) is 49.8 Å². The number of carboxylic acid groups (broad SMARTS) is 1. The minimum absolute atomic E-state index is 0.00782. The summed E-state index contributed by atoms with van der Waals surface area (Å²) in [5.41, 5.74) is 5.09. The molecule has 1 N–H and O–H groups in total. The van der Waals surface area contributed by atoms with Crippen LogP contribution in [0.25, 0.3) is 11.1 Å². The Morgan fingerprint density at radius 1 is 1.18 bits per heavy atom. The lowest BCUT2D eigenvalue weighted by Crippen LogP contribution is -2.47. The number of likely N-dealkylation sites (tertiary alicyclic amines) is 1. The molecule has 2 aliphatic heterocycles. The summed E-state index contributed by atoms with van der Waals surface area (Å²) >= 11 is 6.55. The van der Waals surface area contributed by atoms with E-state index in [0.29, 0.717) is 36.1 Å².